The summed E-state index contributed by atoms with van der Waals surface area (Å²) < 4.78 is 5.65. The number of ether oxygens (including phenoxy) is 1. The van der Waals surface area contributed by atoms with Gasteiger partial charge in [0.1, 0.15) is 5.75 Å². The van der Waals surface area contributed by atoms with Crippen molar-refractivity contribution in [1.29, 1.82) is 0 Å². The van der Waals surface area contributed by atoms with E-state index in [2.05, 4.69) is 37.5 Å². The summed E-state index contributed by atoms with van der Waals surface area (Å²) in [4.78, 5) is 27.1. The Kier molecular flexibility index (Phi) is 7.06. The fraction of sp³-hybridized carbons (Fsp3) is 0.677. The summed E-state index contributed by atoms with van der Waals surface area (Å²) in [6.07, 6.45) is 11.5. The van der Waals surface area contributed by atoms with Crippen LogP contribution in [0.15, 0.2) is 36.4 Å². The molecule has 0 bridgehead atoms. The molecule has 37 heavy (non-hydrogen) atoms. The maximum Gasteiger partial charge on any atom is 0.319 e. The van der Waals surface area contributed by atoms with Crippen LogP contribution in [0.5, 0.6) is 5.75 Å². The molecule has 0 radical (unpaired) electrons. The highest BCUT2D eigenvalue weighted by atomic mass is 16.5. The van der Waals surface area contributed by atoms with Gasteiger partial charge in [-0.2, -0.15) is 0 Å². The lowest BCUT2D eigenvalue weighted by atomic mass is 9.47. The zero-order valence-electron chi connectivity index (χ0n) is 23.3. The van der Waals surface area contributed by atoms with Crippen LogP contribution < -0.4 is 15.4 Å². The SMILES string of the molecule is CCOc1ccccc1NC(=O)NCC(C)[C@H]1CC[C@H]2[C@@H]3CC[C@H]4N(C)C(=O)C=C[C@]4(C)[C@H]3CC[C@]12C. The number of nitrogens with zero attached hydrogens (tertiary/aromatic N) is 1. The van der Waals surface area contributed by atoms with Gasteiger partial charge in [-0.1, -0.05) is 39.0 Å². The number of hydrogen-bond donors (Lipinski definition) is 2. The van der Waals surface area contributed by atoms with Gasteiger partial charge in [-0.05, 0) is 98.7 Å². The molecule has 6 nitrogen and oxygen atoms in total. The number of amides is 3. The minimum absolute atomic E-state index is 0.0913. The first kappa shape index (κ1) is 26.1. The van der Waals surface area contributed by atoms with Crippen LogP contribution in [-0.4, -0.2) is 43.1 Å². The standard InChI is InChI=1S/C31H45N3O3/c1-6-37-26-10-8-7-9-25(26)33-29(36)32-19-20(2)22-12-13-23-21-11-14-27-31(4,18-16-28(35)34(27)5)24(21)15-17-30(22,23)3/h7-10,16,18,20-24,27H,6,11-15,17,19H2,1-5H3,(H2,32,33,36)/t20?,21-,22+,23-,24-,27+,30+,31+/m0/s1. The van der Waals surface area contributed by atoms with Crippen molar-refractivity contribution < 1.29 is 14.3 Å². The molecule has 3 aliphatic carbocycles. The van der Waals surface area contributed by atoms with Crippen LogP contribution in [0.2, 0.25) is 0 Å². The summed E-state index contributed by atoms with van der Waals surface area (Å²) in [5.74, 6) is 4.02. The van der Waals surface area contributed by atoms with Crippen LogP contribution in [0.1, 0.15) is 66.2 Å². The molecule has 0 aromatic heterocycles. The van der Waals surface area contributed by atoms with Crippen molar-refractivity contribution in [2.24, 2.45) is 40.4 Å². The van der Waals surface area contributed by atoms with E-state index in [-0.39, 0.29) is 17.4 Å². The molecule has 6 heteroatoms. The molecule has 202 valence electrons. The lowest BCUT2D eigenvalue weighted by molar-refractivity contribution is -0.139. The lowest BCUT2D eigenvalue weighted by Crippen LogP contribution is -2.59. The van der Waals surface area contributed by atoms with Crippen LogP contribution >= 0.6 is 0 Å². The van der Waals surface area contributed by atoms with E-state index in [1.165, 1.54) is 32.1 Å². The number of nitrogens with one attached hydrogen (secondary N) is 2. The van der Waals surface area contributed by atoms with Gasteiger partial charge in [0, 0.05) is 25.0 Å². The summed E-state index contributed by atoms with van der Waals surface area (Å²) >= 11 is 0. The van der Waals surface area contributed by atoms with Gasteiger partial charge in [-0.3, -0.25) is 4.79 Å². The topological polar surface area (TPSA) is 70.7 Å². The largest absolute Gasteiger partial charge is 0.492 e. The first-order chi connectivity index (χ1) is 17.7. The molecule has 1 aromatic rings. The van der Waals surface area contributed by atoms with E-state index in [4.69, 9.17) is 4.74 Å². The minimum Gasteiger partial charge on any atom is -0.492 e. The van der Waals surface area contributed by atoms with Gasteiger partial charge in [0.15, 0.2) is 0 Å². The number of hydrogen-bond acceptors (Lipinski definition) is 3. The quantitative estimate of drug-likeness (QED) is 0.489. The van der Waals surface area contributed by atoms with Crippen LogP contribution in [-0.2, 0) is 4.79 Å². The number of anilines is 1. The Morgan fingerprint density at radius 2 is 1.92 bits per heavy atom. The van der Waals surface area contributed by atoms with Crippen molar-refractivity contribution in [3.63, 3.8) is 0 Å². The minimum atomic E-state index is -0.170. The molecule has 3 saturated carbocycles. The predicted molar refractivity (Wildman–Crippen MR) is 147 cm³/mol. The van der Waals surface area contributed by atoms with Gasteiger partial charge < -0.3 is 20.3 Å². The van der Waals surface area contributed by atoms with Gasteiger partial charge in [0.25, 0.3) is 0 Å². The van der Waals surface area contributed by atoms with Crippen molar-refractivity contribution in [3.05, 3.63) is 36.4 Å². The highest BCUT2D eigenvalue weighted by Crippen LogP contribution is 2.66. The van der Waals surface area contributed by atoms with Gasteiger partial charge >= 0.3 is 6.03 Å². The molecule has 1 aliphatic heterocycles. The smallest absolute Gasteiger partial charge is 0.319 e. The van der Waals surface area contributed by atoms with E-state index < -0.39 is 0 Å². The number of rotatable bonds is 6. The summed E-state index contributed by atoms with van der Waals surface area (Å²) in [6, 6.07) is 7.74. The van der Waals surface area contributed by atoms with E-state index in [0.717, 1.165) is 18.3 Å². The fourth-order valence-corrected chi connectivity index (χ4v) is 9.13. The maximum absolute atomic E-state index is 12.7. The fourth-order valence-electron chi connectivity index (χ4n) is 9.13. The highest BCUT2D eigenvalue weighted by molar-refractivity contribution is 5.91. The zero-order valence-corrected chi connectivity index (χ0v) is 23.3. The molecule has 5 rings (SSSR count). The molecule has 3 fully saturated rings. The van der Waals surface area contributed by atoms with Gasteiger partial charge in [-0.25, -0.2) is 4.79 Å². The number of carbonyl (C=O) groups is 2. The Hall–Kier alpha value is -2.50. The molecule has 3 amide bonds. The Bertz CT molecular complexity index is 1060. The Labute approximate surface area is 222 Å². The zero-order chi connectivity index (χ0) is 26.4. The molecule has 8 atom stereocenters. The molecule has 0 saturated heterocycles. The second-order valence-corrected chi connectivity index (χ2v) is 12.6. The monoisotopic (exact) mass is 507 g/mol. The number of likely N-dealkylation sites (N-methyl/N-ethyl adjacent to an activating group) is 1. The Morgan fingerprint density at radius 1 is 1.14 bits per heavy atom. The van der Waals surface area contributed by atoms with Gasteiger partial charge in [-0.15, -0.1) is 0 Å². The van der Waals surface area contributed by atoms with E-state index in [0.29, 0.717) is 53.8 Å². The molecule has 0 spiro atoms. The van der Waals surface area contributed by atoms with E-state index in [9.17, 15) is 9.59 Å². The Balaban J connectivity index is 1.23. The number of para-hydroxylation sites is 2. The van der Waals surface area contributed by atoms with Gasteiger partial charge in [0.05, 0.1) is 12.3 Å². The number of benzene rings is 1. The second kappa shape index (κ2) is 9.99. The summed E-state index contributed by atoms with van der Waals surface area (Å²) in [7, 11) is 1.99. The van der Waals surface area contributed by atoms with Crippen LogP contribution in [0.3, 0.4) is 0 Å². The van der Waals surface area contributed by atoms with Crippen molar-refractivity contribution in [1.82, 2.24) is 10.2 Å². The number of fused-ring (bicyclic) bond motifs is 5. The molecule has 1 unspecified atom stereocenters. The number of urea groups is 1. The third-order valence-corrected chi connectivity index (χ3v) is 10.9. The molecule has 4 aliphatic rings. The van der Waals surface area contributed by atoms with Crippen LogP contribution in [0.25, 0.3) is 0 Å². The van der Waals surface area contributed by atoms with Crippen molar-refractivity contribution >= 4 is 17.6 Å². The van der Waals surface area contributed by atoms with Crippen LogP contribution in [0.4, 0.5) is 10.5 Å². The predicted octanol–water partition coefficient (Wildman–Crippen LogP) is 6.10. The van der Waals surface area contributed by atoms with E-state index in [1.807, 2.05) is 49.2 Å². The van der Waals surface area contributed by atoms with Crippen molar-refractivity contribution in [3.8, 4) is 5.75 Å². The summed E-state index contributed by atoms with van der Waals surface area (Å²) in [6.45, 7) is 10.5. The van der Waals surface area contributed by atoms with Crippen LogP contribution in [0, 0.1) is 40.4 Å². The summed E-state index contributed by atoms with van der Waals surface area (Å²) in [5.41, 5.74) is 1.12. The molecule has 1 aromatic carbocycles. The highest BCUT2D eigenvalue weighted by Gasteiger charge is 2.60. The average Bonchev–Trinajstić information content (AvgIpc) is 3.24. The van der Waals surface area contributed by atoms with E-state index >= 15 is 0 Å². The van der Waals surface area contributed by atoms with Gasteiger partial charge in [0.2, 0.25) is 5.91 Å². The lowest BCUT2D eigenvalue weighted by Gasteiger charge is -2.60. The van der Waals surface area contributed by atoms with Crippen molar-refractivity contribution in [2.75, 3.05) is 25.5 Å². The Morgan fingerprint density at radius 3 is 2.70 bits per heavy atom. The third-order valence-electron chi connectivity index (χ3n) is 10.9. The molecule has 1 heterocycles. The molecular weight excluding hydrogens is 462 g/mol. The van der Waals surface area contributed by atoms with Crippen molar-refractivity contribution in [2.45, 2.75) is 72.3 Å². The normalized spacial score (nSPS) is 37.3. The average molecular weight is 508 g/mol. The second-order valence-electron chi connectivity index (χ2n) is 12.6. The first-order valence-electron chi connectivity index (χ1n) is 14.4. The first-order valence-corrected chi connectivity index (χ1v) is 14.4. The maximum atomic E-state index is 12.7. The third kappa shape index (κ3) is 4.44. The summed E-state index contributed by atoms with van der Waals surface area (Å²) in [5, 5.41) is 6.12. The number of carbonyl (C=O) groups excluding carboxylic acids is 2. The molecular formula is C31H45N3O3. The molecule has 2 N–H and O–H groups in total. The van der Waals surface area contributed by atoms with E-state index in [1.54, 1.807) is 0 Å².